The first-order valence-corrected chi connectivity index (χ1v) is 8.02. The summed E-state index contributed by atoms with van der Waals surface area (Å²) >= 11 is 0. The summed E-state index contributed by atoms with van der Waals surface area (Å²) in [5, 5.41) is 9.32. The lowest BCUT2D eigenvalue weighted by molar-refractivity contribution is -0.158. The number of aliphatic hydroxyl groups excluding tert-OH is 1. The molecule has 1 amide bonds. The maximum Gasteiger partial charge on any atom is 0.228 e. The fourth-order valence-electron chi connectivity index (χ4n) is 3.99. The number of carbonyl (C=O) groups is 1. The van der Waals surface area contributed by atoms with Crippen LogP contribution in [-0.4, -0.2) is 47.8 Å². The van der Waals surface area contributed by atoms with Gasteiger partial charge in [-0.1, -0.05) is 26.7 Å². The third-order valence-electron chi connectivity index (χ3n) is 4.63. The Labute approximate surface area is 122 Å². The Morgan fingerprint density at radius 2 is 2.00 bits per heavy atom. The molecule has 1 N–H and O–H groups in total. The molecule has 2 unspecified atom stereocenters. The zero-order chi connectivity index (χ0) is 14.8. The number of amides is 1. The monoisotopic (exact) mass is 283 g/mol. The van der Waals surface area contributed by atoms with E-state index in [0.29, 0.717) is 24.9 Å². The molecule has 0 spiro atoms. The number of rotatable bonds is 4. The van der Waals surface area contributed by atoms with Gasteiger partial charge >= 0.3 is 0 Å². The van der Waals surface area contributed by atoms with Crippen molar-refractivity contribution in [2.24, 2.45) is 11.3 Å². The first-order chi connectivity index (χ1) is 9.47. The predicted octanol–water partition coefficient (Wildman–Crippen LogP) is 2.20. The van der Waals surface area contributed by atoms with E-state index in [9.17, 15) is 9.90 Å². The second kappa shape index (κ2) is 6.44. The number of hydrogen-bond acceptors (Lipinski definition) is 3. The number of morpholine rings is 1. The van der Waals surface area contributed by atoms with Crippen molar-refractivity contribution < 1.29 is 14.6 Å². The Hall–Kier alpha value is -0.610. The van der Waals surface area contributed by atoms with Gasteiger partial charge in [-0.15, -0.1) is 0 Å². The van der Waals surface area contributed by atoms with Crippen LogP contribution >= 0.6 is 0 Å². The van der Waals surface area contributed by atoms with E-state index in [2.05, 4.69) is 13.8 Å². The number of carbonyl (C=O) groups excluding carboxylic acids is 1. The van der Waals surface area contributed by atoms with Gasteiger partial charge in [-0.2, -0.15) is 0 Å². The average Bonchev–Trinajstić information content (AvgIpc) is 2.85. The molecule has 2 aliphatic rings. The molecule has 1 saturated carbocycles. The molecule has 116 valence electrons. The molecular formula is C16H29NO3. The Balaban J connectivity index is 2.10. The zero-order valence-electron chi connectivity index (χ0n) is 13.1. The lowest BCUT2D eigenvalue weighted by Crippen LogP contribution is -2.54. The van der Waals surface area contributed by atoms with Gasteiger partial charge in [-0.05, 0) is 32.1 Å². The second-order valence-corrected chi connectivity index (χ2v) is 7.05. The van der Waals surface area contributed by atoms with E-state index < -0.39 is 0 Å². The van der Waals surface area contributed by atoms with Crippen molar-refractivity contribution >= 4 is 5.91 Å². The predicted molar refractivity (Wildman–Crippen MR) is 78.4 cm³/mol. The van der Waals surface area contributed by atoms with Crippen LogP contribution < -0.4 is 0 Å². The molecule has 0 radical (unpaired) electrons. The molecule has 1 aliphatic heterocycles. The minimum atomic E-state index is -0.222. The van der Waals surface area contributed by atoms with E-state index in [0.717, 1.165) is 19.3 Å². The first-order valence-electron chi connectivity index (χ1n) is 8.02. The van der Waals surface area contributed by atoms with Crippen LogP contribution in [0.15, 0.2) is 0 Å². The Kier molecular flexibility index (Phi) is 5.08. The Morgan fingerprint density at radius 3 is 2.55 bits per heavy atom. The highest BCUT2D eigenvalue weighted by Crippen LogP contribution is 2.45. The summed E-state index contributed by atoms with van der Waals surface area (Å²) in [5.41, 5.74) is -0.148. The number of aliphatic hydroxyl groups is 1. The molecule has 1 heterocycles. The lowest BCUT2D eigenvalue weighted by Gasteiger charge is -2.41. The van der Waals surface area contributed by atoms with Crippen LogP contribution in [0.4, 0.5) is 0 Å². The van der Waals surface area contributed by atoms with Crippen molar-refractivity contribution in [3.05, 3.63) is 0 Å². The van der Waals surface area contributed by atoms with Crippen LogP contribution in [0.2, 0.25) is 0 Å². The van der Waals surface area contributed by atoms with Crippen LogP contribution in [0, 0.1) is 11.3 Å². The molecule has 2 rings (SSSR count). The van der Waals surface area contributed by atoms with Gasteiger partial charge in [0, 0.05) is 18.5 Å². The van der Waals surface area contributed by atoms with E-state index in [1.165, 1.54) is 12.8 Å². The highest BCUT2D eigenvalue weighted by molar-refractivity contribution is 5.83. The van der Waals surface area contributed by atoms with Gasteiger partial charge in [-0.25, -0.2) is 0 Å². The van der Waals surface area contributed by atoms with Crippen molar-refractivity contribution in [2.75, 3.05) is 19.7 Å². The summed E-state index contributed by atoms with van der Waals surface area (Å²) in [6, 6.07) is 0. The largest absolute Gasteiger partial charge is 0.394 e. The van der Waals surface area contributed by atoms with Gasteiger partial charge in [-0.3, -0.25) is 4.79 Å². The van der Waals surface area contributed by atoms with E-state index in [1.54, 1.807) is 0 Å². The minimum Gasteiger partial charge on any atom is -0.394 e. The summed E-state index contributed by atoms with van der Waals surface area (Å²) in [6.07, 6.45) is 5.17. The van der Waals surface area contributed by atoms with Gasteiger partial charge < -0.3 is 14.7 Å². The lowest BCUT2D eigenvalue weighted by atomic mass is 9.77. The molecule has 0 aromatic rings. The fourth-order valence-corrected chi connectivity index (χ4v) is 3.99. The first kappa shape index (κ1) is 15.8. The van der Waals surface area contributed by atoms with Crippen LogP contribution in [0.25, 0.3) is 0 Å². The number of nitrogens with zero attached hydrogens (tertiary/aromatic N) is 1. The topological polar surface area (TPSA) is 49.8 Å². The number of ether oxygens (including phenoxy) is 1. The molecule has 1 aliphatic carbocycles. The van der Waals surface area contributed by atoms with Crippen molar-refractivity contribution in [2.45, 2.75) is 65.1 Å². The fraction of sp³-hybridized carbons (Fsp3) is 0.938. The second-order valence-electron chi connectivity index (χ2n) is 7.05. The molecule has 2 fully saturated rings. The van der Waals surface area contributed by atoms with E-state index >= 15 is 0 Å². The molecule has 0 aromatic carbocycles. The Morgan fingerprint density at radius 1 is 1.35 bits per heavy atom. The average molecular weight is 283 g/mol. The summed E-state index contributed by atoms with van der Waals surface area (Å²) in [6.45, 7) is 7.57. The molecule has 1 saturated heterocycles. The van der Waals surface area contributed by atoms with Crippen molar-refractivity contribution in [1.29, 1.82) is 0 Å². The Bertz CT molecular complexity index is 337. The van der Waals surface area contributed by atoms with Crippen LogP contribution in [0.1, 0.15) is 52.9 Å². The minimum absolute atomic E-state index is 0.00863. The normalized spacial score (nSPS) is 29.9. The third kappa shape index (κ3) is 3.34. The van der Waals surface area contributed by atoms with Crippen molar-refractivity contribution in [1.82, 2.24) is 4.90 Å². The summed E-state index contributed by atoms with van der Waals surface area (Å²) < 4.78 is 5.65. The summed E-state index contributed by atoms with van der Waals surface area (Å²) in [5.74, 6) is 0.849. The van der Waals surface area contributed by atoms with Gasteiger partial charge in [0.25, 0.3) is 0 Å². The molecular weight excluding hydrogens is 254 g/mol. The summed E-state index contributed by atoms with van der Waals surface area (Å²) in [7, 11) is 0. The smallest absolute Gasteiger partial charge is 0.228 e. The molecule has 4 heteroatoms. The maximum absolute atomic E-state index is 13.1. The molecule has 20 heavy (non-hydrogen) atoms. The van der Waals surface area contributed by atoms with Crippen LogP contribution in [-0.2, 0) is 9.53 Å². The van der Waals surface area contributed by atoms with Crippen LogP contribution in [0.5, 0.6) is 0 Å². The van der Waals surface area contributed by atoms with Gasteiger partial charge in [0.15, 0.2) is 0 Å². The number of hydrogen-bond donors (Lipinski definition) is 1. The van der Waals surface area contributed by atoms with E-state index in [1.807, 2.05) is 11.8 Å². The third-order valence-corrected chi connectivity index (χ3v) is 4.63. The van der Waals surface area contributed by atoms with Gasteiger partial charge in [0.2, 0.25) is 5.91 Å². The highest BCUT2D eigenvalue weighted by atomic mass is 16.5. The quantitative estimate of drug-likeness (QED) is 0.860. The molecule has 0 aromatic heterocycles. The standard InChI is InChI=1S/C16H29NO3/c1-12(2)8-16(6-4-5-7-16)15(19)17-9-13(3)20-14(10-17)11-18/h12-14,18H,4-11H2,1-3H3. The highest BCUT2D eigenvalue weighted by Gasteiger charge is 2.45. The van der Waals surface area contributed by atoms with Crippen molar-refractivity contribution in [3.63, 3.8) is 0 Å². The van der Waals surface area contributed by atoms with Crippen LogP contribution in [0.3, 0.4) is 0 Å². The maximum atomic E-state index is 13.1. The van der Waals surface area contributed by atoms with E-state index in [4.69, 9.17) is 4.74 Å². The SMILES string of the molecule is CC(C)CC1(C(=O)N2CC(C)OC(CO)C2)CCCC1. The van der Waals surface area contributed by atoms with Crippen molar-refractivity contribution in [3.8, 4) is 0 Å². The van der Waals surface area contributed by atoms with Gasteiger partial charge in [0.05, 0.1) is 18.8 Å². The molecule has 2 atom stereocenters. The zero-order valence-corrected chi connectivity index (χ0v) is 13.1. The summed E-state index contributed by atoms with van der Waals surface area (Å²) in [4.78, 5) is 15.0. The molecule has 0 bridgehead atoms. The molecule has 4 nitrogen and oxygen atoms in total. The van der Waals surface area contributed by atoms with Gasteiger partial charge in [0.1, 0.15) is 0 Å². The van der Waals surface area contributed by atoms with E-state index in [-0.39, 0.29) is 24.2 Å².